The Labute approximate surface area is 191 Å². The average molecular weight is 451 g/mol. The number of anilines is 1. The Hall–Kier alpha value is -3.12. The summed E-state index contributed by atoms with van der Waals surface area (Å²) in [5, 5.41) is 3.08. The predicted molar refractivity (Wildman–Crippen MR) is 130 cm³/mol. The quantitative estimate of drug-likeness (QED) is 0.569. The third kappa shape index (κ3) is 5.56. The normalized spacial score (nSPS) is 13.3. The Morgan fingerprint density at radius 1 is 0.812 bits per heavy atom. The molecule has 3 aromatic carbocycles. The number of carbonyl (C=O) groups is 1. The summed E-state index contributed by atoms with van der Waals surface area (Å²) < 4.78 is 26.6. The van der Waals surface area contributed by atoms with Crippen molar-refractivity contribution in [1.29, 1.82) is 0 Å². The zero-order valence-electron chi connectivity index (χ0n) is 19.2. The molecule has 3 rings (SSSR count). The summed E-state index contributed by atoms with van der Waals surface area (Å²) in [6.45, 7) is 7.44. The highest BCUT2D eigenvalue weighted by Crippen LogP contribution is 2.26. The van der Waals surface area contributed by atoms with Crippen LogP contribution in [0.15, 0.2) is 72.8 Å². The number of carbonyl (C=O) groups excluding carboxylic acids is 1. The molecule has 0 aliphatic rings. The molecule has 0 bridgehead atoms. The zero-order chi connectivity index (χ0) is 23.5. The molecule has 0 aliphatic carbocycles. The highest BCUT2D eigenvalue weighted by atomic mass is 32.2. The van der Waals surface area contributed by atoms with E-state index >= 15 is 0 Å². The molecule has 0 radical (unpaired) electrons. The Kier molecular flexibility index (Phi) is 7.04. The monoisotopic (exact) mass is 450 g/mol. The van der Waals surface area contributed by atoms with E-state index in [-0.39, 0.29) is 5.91 Å². The first-order chi connectivity index (χ1) is 15.1. The first-order valence-electron chi connectivity index (χ1n) is 10.6. The zero-order valence-corrected chi connectivity index (χ0v) is 20.0. The molecule has 3 aromatic rings. The van der Waals surface area contributed by atoms with Gasteiger partial charge in [0.25, 0.3) is 0 Å². The van der Waals surface area contributed by atoms with E-state index in [1.807, 2.05) is 81.4 Å². The lowest BCUT2D eigenvalue weighted by Gasteiger charge is -2.30. The molecule has 1 N–H and O–H groups in total. The van der Waals surface area contributed by atoms with Crippen LogP contribution in [0.5, 0.6) is 0 Å². The van der Waals surface area contributed by atoms with Gasteiger partial charge in [-0.05, 0) is 62.1 Å². The summed E-state index contributed by atoms with van der Waals surface area (Å²) in [7, 11) is -3.69. The van der Waals surface area contributed by atoms with E-state index < -0.39 is 22.1 Å². The Morgan fingerprint density at radius 3 is 1.88 bits per heavy atom. The van der Waals surface area contributed by atoms with Crippen molar-refractivity contribution in [3.63, 3.8) is 0 Å². The molecular weight excluding hydrogens is 420 g/mol. The van der Waals surface area contributed by atoms with Crippen LogP contribution in [0.1, 0.15) is 40.8 Å². The van der Waals surface area contributed by atoms with Crippen LogP contribution in [0.4, 0.5) is 5.69 Å². The predicted octanol–water partition coefficient (Wildman–Crippen LogP) is 4.67. The van der Waals surface area contributed by atoms with Gasteiger partial charge in [-0.2, -0.15) is 0 Å². The molecule has 2 atom stereocenters. The van der Waals surface area contributed by atoms with Gasteiger partial charge in [-0.3, -0.25) is 9.10 Å². The molecular formula is C26H30N2O3S. The van der Waals surface area contributed by atoms with Crippen LogP contribution >= 0.6 is 0 Å². The van der Waals surface area contributed by atoms with Crippen LogP contribution in [-0.2, 0) is 14.8 Å². The van der Waals surface area contributed by atoms with Gasteiger partial charge in [-0.15, -0.1) is 0 Å². The summed E-state index contributed by atoms with van der Waals surface area (Å²) in [6, 6.07) is 21.8. The maximum atomic E-state index is 13.4. The summed E-state index contributed by atoms with van der Waals surface area (Å²) in [4.78, 5) is 13.4. The van der Waals surface area contributed by atoms with Gasteiger partial charge in [0.2, 0.25) is 15.9 Å². The van der Waals surface area contributed by atoms with Gasteiger partial charge in [-0.1, -0.05) is 66.2 Å². The van der Waals surface area contributed by atoms with Crippen molar-refractivity contribution >= 4 is 21.6 Å². The number of nitrogens with zero attached hydrogens (tertiary/aromatic N) is 1. The van der Waals surface area contributed by atoms with E-state index in [4.69, 9.17) is 0 Å². The number of sulfonamides is 1. The summed E-state index contributed by atoms with van der Waals surface area (Å²) >= 11 is 0. The molecule has 0 fully saturated rings. The Morgan fingerprint density at radius 2 is 1.34 bits per heavy atom. The average Bonchev–Trinajstić information content (AvgIpc) is 2.71. The van der Waals surface area contributed by atoms with E-state index in [1.165, 1.54) is 4.31 Å². The number of nitrogens with one attached hydrogen (secondary N) is 1. The van der Waals surface area contributed by atoms with Gasteiger partial charge < -0.3 is 5.32 Å². The molecule has 0 spiro atoms. The topological polar surface area (TPSA) is 66.5 Å². The van der Waals surface area contributed by atoms with Crippen molar-refractivity contribution in [2.75, 3.05) is 10.6 Å². The van der Waals surface area contributed by atoms with Crippen molar-refractivity contribution in [1.82, 2.24) is 5.32 Å². The van der Waals surface area contributed by atoms with Crippen molar-refractivity contribution < 1.29 is 13.2 Å². The summed E-state index contributed by atoms with van der Waals surface area (Å²) in [6.07, 6.45) is 1.13. The van der Waals surface area contributed by atoms with Crippen LogP contribution in [0.25, 0.3) is 0 Å². The standard InChI is InChI=1S/C26H30N2O3S/c1-18-11-13-23(14-12-18)25(22-9-7-6-8-10-22)27-26(29)21(4)28(32(5,30)31)24-16-19(2)15-20(3)17-24/h6-17,21,25H,1-5H3,(H,27,29). The molecule has 32 heavy (non-hydrogen) atoms. The molecule has 0 saturated carbocycles. The van der Waals surface area contributed by atoms with Crippen LogP contribution in [0.2, 0.25) is 0 Å². The molecule has 0 aliphatic heterocycles. The Bertz CT molecular complexity index is 1170. The van der Waals surface area contributed by atoms with E-state index in [0.717, 1.165) is 34.1 Å². The lowest BCUT2D eigenvalue weighted by atomic mass is 9.97. The van der Waals surface area contributed by atoms with E-state index in [2.05, 4.69) is 5.32 Å². The number of aryl methyl sites for hydroxylation is 3. The second-order valence-corrected chi connectivity index (χ2v) is 10.2. The van der Waals surface area contributed by atoms with Gasteiger partial charge in [0, 0.05) is 0 Å². The van der Waals surface area contributed by atoms with Crippen LogP contribution in [-0.4, -0.2) is 26.6 Å². The first-order valence-corrected chi connectivity index (χ1v) is 12.4. The second kappa shape index (κ2) is 9.57. The van der Waals surface area contributed by atoms with Crippen molar-refractivity contribution in [3.05, 3.63) is 101 Å². The van der Waals surface area contributed by atoms with Gasteiger partial charge in [0.05, 0.1) is 18.0 Å². The smallest absolute Gasteiger partial charge is 0.244 e. The molecule has 1 amide bonds. The van der Waals surface area contributed by atoms with Gasteiger partial charge >= 0.3 is 0 Å². The van der Waals surface area contributed by atoms with Crippen molar-refractivity contribution in [2.24, 2.45) is 0 Å². The molecule has 0 aromatic heterocycles. The minimum absolute atomic E-state index is 0.371. The van der Waals surface area contributed by atoms with Crippen LogP contribution in [0, 0.1) is 20.8 Å². The summed E-state index contributed by atoms with van der Waals surface area (Å²) in [5.41, 5.74) is 5.33. The molecule has 0 heterocycles. The number of benzene rings is 3. The fraction of sp³-hybridized carbons (Fsp3) is 0.269. The maximum absolute atomic E-state index is 13.4. The van der Waals surface area contributed by atoms with Gasteiger partial charge in [0.15, 0.2) is 0 Å². The van der Waals surface area contributed by atoms with Crippen LogP contribution in [0.3, 0.4) is 0 Å². The molecule has 168 valence electrons. The fourth-order valence-corrected chi connectivity index (χ4v) is 5.07. The van der Waals surface area contributed by atoms with Gasteiger partial charge in [0.1, 0.15) is 6.04 Å². The number of hydrogen-bond donors (Lipinski definition) is 1. The van der Waals surface area contributed by atoms with Crippen molar-refractivity contribution in [2.45, 2.75) is 39.8 Å². The SMILES string of the molecule is Cc1ccc(C(NC(=O)C(C)N(c2cc(C)cc(C)c2)S(C)(=O)=O)c2ccccc2)cc1. The van der Waals surface area contributed by atoms with E-state index in [1.54, 1.807) is 19.1 Å². The lowest BCUT2D eigenvalue weighted by molar-refractivity contribution is -0.122. The lowest BCUT2D eigenvalue weighted by Crippen LogP contribution is -2.48. The van der Waals surface area contributed by atoms with E-state index in [0.29, 0.717) is 5.69 Å². The van der Waals surface area contributed by atoms with Crippen LogP contribution < -0.4 is 9.62 Å². The molecule has 2 unspecified atom stereocenters. The minimum Gasteiger partial charge on any atom is -0.343 e. The number of amides is 1. The largest absolute Gasteiger partial charge is 0.343 e. The first kappa shape index (κ1) is 23.5. The minimum atomic E-state index is -3.69. The van der Waals surface area contributed by atoms with Gasteiger partial charge in [-0.25, -0.2) is 8.42 Å². The number of hydrogen-bond acceptors (Lipinski definition) is 3. The van der Waals surface area contributed by atoms with Crippen molar-refractivity contribution in [3.8, 4) is 0 Å². The molecule has 6 heteroatoms. The molecule has 0 saturated heterocycles. The Balaban J connectivity index is 1.97. The third-order valence-corrected chi connectivity index (χ3v) is 6.62. The van der Waals surface area contributed by atoms with E-state index in [9.17, 15) is 13.2 Å². The summed E-state index contributed by atoms with van der Waals surface area (Å²) in [5.74, 6) is -0.371. The highest BCUT2D eigenvalue weighted by molar-refractivity contribution is 7.92. The highest BCUT2D eigenvalue weighted by Gasteiger charge is 2.31. The fourth-order valence-electron chi connectivity index (χ4n) is 3.91. The number of rotatable bonds is 7. The third-order valence-electron chi connectivity index (χ3n) is 5.38. The molecule has 5 nitrogen and oxygen atoms in total. The second-order valence-electron chi connectivity index (χ2n) is 8.34. The maximum Gasteiger partial charge on any atom is 0.244 e.